The van der Waals surface area contributed by atoms with E-state index < -0.39 is 8.80 Å². The molecule has 1 aromatic rings. The van der Waals surface area contributed by atoms with E-state index in [1.54, 1.807) is 26.0 Å². The Morgan fingerprint density at radius 2 is 1.06 bits per heavy atom. The van der Waals surface area contributed by atoms with E-state index in [1.165, 1.54) is 0 Å². The van der Waals surface area contributed by atoms with Crippen LogP contribution >= 0.6 is 0 Å². The summed E-state index contributed by atoms with van der Waals surface area (Å²) in [5, 5.41) is 24.3. The van der Waals surface area contributed by atoms with E-state index in [-0.39, 0.29) is 45.7 Å². The molecule has 0 aromatic heterocycles. The van der Waals surface area contributed by atoms with Crippen molar-refractivity contribution in [3.8, 4) is 0 Å². The smallest absolute Gasteiger partial charge is 0.0402 e. The molecule has 0 atom stereocenters. The molecule has 0 amide bonds. The molecule has 0 aliphatic rings. The molecule has 0 saturated carbocycles. The van der Waals surface area contributed by atoms with Crippen LogP contribution in [0.25, 0.3) is 0 Å². The van der Waals surface area contributed by atoms with Gasteiger partial charge in [0.1, 0.15) is 0 Å². The molecule has 108 valence electrons. The second-order valence-electron chi connectivity index (χ2n) is 3.32. The van der Waals surface area contributed by atoms with Gasteiger partial charge in [0, 0.05) is 54.5 Å². The molecule has 3 N–H and O–H groups in total. The van der Waals surface area contributed by atoms with Gasteiger partial charge in [0.2, 0.25) is 0 Å². The number of aliphatic hydroxyl groups excluding tert-OH is 3. The molecular weight excluding hydrogens is 411 g/mol. The van der Waals surface area contributed by atoms with Crippen molar-refractivity contribution in [1.82, 2.24) is 0 Å². The first kappa shape index (κ1) is 26.8. The van der Waals surface area contributed by atoms with E-state index in [2.05, 4.69) is 37.4 Å². The van der Waals surface area contributed by atoms with Gasteiger partial charge in [0.15, 0.2) is 0 Å². The fourth-order valence-electron chi connectivity index (χ4n) is 0.774. The summed E-state index contributed by atoms with van der Waals surface area (Å²) in [7, 11) is -0.480. The fraction of sp³-hybridized carbons (Fsp3) is 0.615. The zero-order valence-corrected chi connectivity index (χ0v) is 17.1. The standard InChI is InChI=1S/C7H11Si.3C2H6O.Hf/c1-8(2)7-5-3-4-6-7;3*1-2-3;/h3-6,8H,1-2H3;3*3H,2H2,1H3;/q-1;;;;. The van der Waals surface area contributed by atoms with Crippen molar-refractivity contribution in [2.75, 3.05) is 19.8 Å². The quantitative estimate of drug-likeness (QED) is 0.453. The maximum atomic E-state index is 7.57. The summed E-state index contributed by atoms with van der Waals surface area (Å²) in [6.07, 6.45) is 0. The van der Waals surface area contributed by atoms with Gasteiger partial charge in [-0.05, 0) is 20.8 Å². The van der Waals surface area contributed by atoms with Gasteiger partial charge >= 0.3 is 0 Å². The van der Waals surface area contributed by atoms with E-state index in [1.807, 2.05) is 0 Å². The molecule has 18 heavy (non-hydrogen) atoms. The fourth-order valence-corrected chi connectivity index (χ4v) is 1.77. The Kier molecular flexibility index (Phi) is 38.7. The Balaban J connectivity index is -0.0000000840. The van der Waals surface area contributed by atoms with E-state index in [0.29, 0.717) is 0 Å². The monoisotopic (exact) mass is 441 g/mol. The van der Waals surface area contributed by atoms with Crippen LogP contribution in [0.2, 0.25) is 13.1 Å². The van der Waals surface area contributed by atoms with Crippen LogP contribution in [0.3, 0.4) is 0 Å². The predicted molar refractivity (Wildman–Crippen MR) is 78.8 cm³/mol. The van der Waals surface area contributed by atoms with Crippen LogP contribution in [0, 0.1) is 0 Å². The van der Waals surface area contributed by atoms with Crippen molar-refractivity contribution < 1.29 is 41.2 Å². The summed E-state index contributed by atoms with van der Waals surface area (Å²) >= 11 is 0. The summed E-state index contributed by atoms with van der Waals surface area (Å²) < 4.78 is 0. The average molecular weight is 440 g/mol. The number of hydrogen-bond donors (Lipinski definition) is 3. The third kappa shape index (κ3) is 29.9. The third-order valence-corrected chi connectivity index (χ3v) is 3.07. The first-order valence-electron chi connectivity index (χ1n) is 6.09. The summed E-state index contributed by atoms with van der Waals surface area (Å²) in [5.74, 6) is 0. The summed E-state index contributed by atoms with van der Waals surface area (Å²) in [6, 6.07) is 8.67. The van der Waals surface area contributed by atoms with E-state index >= 15 is 0 Å². The second kappa shape index (κ2) is 26.0. The van der Waals surface area contributed by atoms with Crippen molar-refractivity contribution in [2.45, 2.75) is 33.9 Å². The molecule has 3 nitrogen and oxygen atoms in total. The molecule has 5 heteroatoms. The van der Waals surface area contributed by atoms with E-state index in [9.17, 15) is 0 Å². The van der Waals surface area contributed by atoms with E-state index in [0.717, 1.165) is 0 Å². The van der Waals surface area contributed by atoms with Gasteiger partial charge in [-0.15, -0.1) is 0 Å². The minimum atomic E-state index is -0.480. The minimum absolute atomic E-state index is 0. The third-order valence-electron chi connectivity index (χ3n) is 1.36. The minimum Gasteiger partial charge on any atom is -0.397 e. The van der Waals surface area contributed by atoms with Crippen molar-refractivity contribution in [3.63, 3.8) is 0 Å². The second-order valence-corrected chi connectivity index (χ2v) is 6.30. The molecule has 0 aliphatic heterocycles. The Morgan fingerprint density at radius 1 is 0.833 bits per heavy atom. The zero-order chi connectivity index (χ0) is 14.1. The summed E-state index contributed by atoms with van der Waals surface area (Å²) in [6.45, 7) is 10.5. The van der Waals surface area contributed by atoms with Crippen LogP contribution in [0.4, 0.5) is 0 Å². The number of aliphatic hydroxyl groups is 3. The first-order chi connectivity index (χ1) is 8.05. The summed E-state index contributed by atoms with van der Waals surface area (Å²) in [4.78, 5) is 0. The van der Waals surface area contributed by atoms with Crippen molar-refractivity contribution >= 4 is 14.0 Å². The Hall–Kier alpha value is 0.317. The van der Waals surface area contributed by atoms with Crippen LogP contribution in [0.5, 0.6) is 0 Å². The maximum Gasteiger partial charge on any atom is 0.0402 e. The normalized spacial score (nSPS) is 7.61. The van der Waals surface area contributed by atoms with Gasteiger partial charge in [-0.25, -0.2) is 12.1 Å². The number of hydrogen-bond acceptors (Lipinski definition) is 3. The topological polar surface area (TPSA) is 60.7 Å². The Morgan fingerprint density at radius 3 is 1.17 bits per heavy atom. The van der Waals surface area contributed by atoms with Crippen LogP contribution in [-0.4, -0.2) is 43.9 Å². The molecule has 0 spiro atoms. The number of rotatable bonds is 1. The van der Waals surface area contributed by atoms with Crippen LogP contribution in [0.15, 0.2) is 24.3 Å². The molecule has 0 aliphatic carbocycles. The Labute approximate surface area is 133 Å². The van der Waals surface area contributed by atoms with Crippen LogP contribution in [0.1, 0.15) is 20.8 Å². The molecule has 0 bridgehead atoms. The zero-order valence-electron chi connectivity index (χ0n) is 12.3. The molecule has 0 radical (unpaired) electrons. The van der Waals surface area contributed by atoms with Gasteiger partial charge in [-0.3, -0.25) is 0 Å². The maximum absolute atomic E-state index is 7.57. The predicted octanol–water partition coefficient (Wildman–Crippen LogP) is 1.09. The van der Waals surface area contributed by atoms with Gasteiger partial charge in [-0.1, -0.05) is 13.1 Å². The molecule has 1 rings (SSSR count). The summed E-state index contributed by atoms with van der Waals surface area (Å²) in [5.41, 5.74) is 0. The molecule has 0 saturated heterocycles. The molecule has 1 aromatic carbocycles. The van der Waals surface area contributed by atoms with Crippen LogP contribution < -0.4 is 5.19 Å². The van der Waals surface area contributed by atoms with Gasteiger partial charge in [-0.2, -0.15) is 17.3 Å². The molecule has 0 fully saturated rings. The molecular formula is C13H29HfO3Si-. The Bertz CT molecular complexity index is 187. The van der Waals surface area contributed by atoms with Gasteiger partial charge in [0.05, 0.1) is 0 Å². The first-order valence-corrected chi connectivity index (χ1v) is 8.98. The van der Waals surface area contributed by atoms with E-state index in [4.69, 9.17) is 15.3 Å². The van der Waals surface area contributed by atoms with Gasteiger partial charge < -0.3 is 15.3 Å². The SMILES string of the molecule is CCO.CCO.CCO.C[SiH](C)[c-]1cccc1.[Hf]. The van der Waals surface area contributed by atoms with Gasteiger partial charge in [0.25, 0.3) is 0 Å². The molecule has 0 heterocycles. The van der Waals surface area contributed by atoms with Crippen molar-refractivity contribution in [2.24, 2.45) is 0 Å². The molecule has 0 unspecified atom stereocenters. The average Bonchev–Trinajstić information content (AvgIpc) is 2.73. The van der Waals surface area contributed by atoms with Crippen LogP contribution in [-0.2, 0) is 25.8 Å². The van der Waals surface area contributed by atoms with Crippen molar-refractivity contribution in [1.29, 1.82) is 0 Å². The largest absolute Gasteiger partial charge is 0.397 e. The van der Waals surface area contributed by atoms with Crippen molar-refractivity contribution in [3.05, 3.63) is 24.3 Å².